The molecule has 0 amide bonds. The predicted molar refractivity (Wildman–Crippen MR) is 173 cm³/mol. The molecule has 0 radical (unpaired) electrons. The van der Waals surface area contributed by atoms with Crippen LogP contribution in [0.2, 0.25) is 0 Å². The third-order valence-electron chi connectivity index (χ3n) is 7.19. The Morgan fingerprint density at radius 2 is 0.872 bits per heavy atom. The fourth-order valence-electron chi connectivity index (χ4n) is 4.64. The summed E-state index contributed by atoms with van der Waals surface area (Å²) in [6.07, 6.45) is 23.4. The molecule has 3 aromatic carbocycles. The number of ether oxygens (including phenoxy) is 1. The van der Waals surface area contributed by atoms with Crippen molar-refractivity contribution in [1.29, 1.82) is 0 Å². The second-order valence-electron chi connectivity index (χ2n) is 11.0. The van der Waals surface area contributed by atoms with Gasteiger partial charge in [0.1, 0.15) is 11.5 Å². The molecule has 218 valence electrons. The number of benzene rings is 3. The molecule has 0 aliphatic heterocycles. The van der Waals surface area contributed by atoms with Crippen LogP contribution in [0.15, 0.2) is 60.7 Å². The first-order valence-corrected chi connectivity index (χ1v) is 15.8. The summed E-state index contributed by atoms with van der Waals surface area (Å²) in [5.74, 6) is 1.24. The lowest BCUT2D eigenvalue weighted by molar-refractivity contribution is 0.415. The Morgan fingerprint density at radius 1 is 0.487 bits per heavy atom. The summed E-state index contributed by atoms with van der Waals surface area (Å²) in [5.41, 5.74) is 2.46. The van der Waals surface area contributed by atoms with E-state index >= 15 is 0 Å². The third kappa shape index (κ3) is 18.4. The maximum Gasteiger partial charge on any atom is 0.119 e. The van der Waals surface area contributed by atoms with E-state index in [2.05, 4.69) is 51.1 Å². The van der Waals surface area contributed by atoms with Gasteiger partial charge in [-0.25, -0.2) is 0 Å². The first-order valence-electron chi connectivity index (χ1n) is 15.8. The van der Waals surface area contributed by atoms with Crippen LogP contribution in [0.25, 0.3) is 10.8 Å². The van der Waals surface area contributed by atoms with Crippen molar-refractivity contribution in [1.82, 2.24) is 0 Å². The fraction of sp³-hybridized carbons (Fsp3) is 0.568. The van der Waals surface area contributed by atoms with Gasteiger partial charge in [-0.15, -0.1) is 0 Å². The van der Waals surface area contributed by atoms with Crippen molar-refractivity contribution < 1.29 is 9.84 Å². The molecule has 0 fully saturated rings. The van der Waals surface area contributed by atoms with Crippen molar-refractivity contribution in [2.75, 3.05) is 7.11 Å². The fourth-order valence-corrected chi connectivity index (χ4v) is 4.64. The van der Waals surface area contributed by atoms with Crippen LogP contribution in [0, 0.1) is 13.8 Å². The van der Waals surface area contributed by atoms with E-state index in [4.69, 9.17) is 9.84 Å². The smallest absolute Gasteiger partial charge is 0.119 e. The largest absolute Gasteiger partial charge is 0.508 e. The Kier molecular flexibility index (Phi) is 20.7. The highest BCUT2D eigenvalue weighted by Crippen LogP contribution is 2.21. The van der Waals surface area contributed by atoms with Crippen LogP contribution in [0.3, 0.4) is 0 Å². The number of phenolic OH excluding ortho intramolecular Hbond substituents is 1. The maximum atomic E-state index is 8.76. The topological polar surface area (TPSA) is 29.5 Å². The average molecular weight is 535 g/mol. The number of hydrogen-bond donors (Lipinski definition) is 1. The maximum absolute atomic E-state index is 8.76. The molecule has 1 N–H and O–H groups in total. The molecule has 0 bridgehead atoms. The second kappa shape index (κ2) is 23.4. The second-order valence-corrected chi connectivity index (χ2v) is 11.0. The van der Waals surface area contributed by atoms with E-state index in [1.165, 1.54) is 125 Å². The van der Waals surface area contributed by atoms with E-state index in [1.54, 1.807) is 19.2 Å². The van der Waals surface area contributed by atoms with Crippen LogP contribution < -0.4 is 4.74 Å². The molecule has 0 spiro atoms. The molecule has 0 heterocycles. The molecule has 3 rings (SSSR count). The van der Waals surface area contributed by atoms with Gasteiger partial charge in [-0.2, -0.15) is 0 Å². The zero-order valence-electron chi connectivity index (χ0n) is 25.9. The lowest BCUT2D eigenvalue weighted by Crippen LogP contribution is -1.83. The van der Waals surface area contributed by atoms with E-state index in [1.807, 2.05) is 25.1 Å². The van der Waals surface area contributed by atoms with E-state index in [0.29, 0.717) is 5.75 Å². The number of methoxy groups -OCH3 is 1. The van der Waals surface area contributed by atoms with Crippen molar-refractivity contribution in [3.8, 4) is 11.5 Å². The Bertz CT molecular complexity index is 924. The SMILES string of the molecule is CCCCCCCCCCCCCCCCCC.COc1ccc2cc(C)ccc2c1.Cc1ccc(O)cc1. The zero-order valence-corrected chi connectivity index (χ0v) is 25.9. The molecule has 0 aliphatic carbocycles. The first kappa shape index (κ1) is 34.5. The van der Waals surface area contributed by atoms with Gasteiger partial charge in [0.25, 0.3) is 0 Å². The minimum Gasteiger partial charge on any atom is -0.508 e. The van der Waals surface area contributed by atoms with Gasteiger partial charge >= 0.3 is 0 Å². The van der Waals surface area contributed by atoms with Crippen molar-refractivity contribution >= 4 is 10.8 Å². The third-order valence-corrected chi connectivity index (χ3v) is 7.19. The summed E-state index contributed by atoms with van der Waals surface area (Å²) >= 11 is 0. The molecule has 0 saturated heterocycles. The summed E-state index contributed by atoms with van der Waals surface area (Å²) in [6, 6.07) is 19.6. The quantitative estimate of drug-likeness (QED) is 0.185. The molecular formula is C37H58O2. The molecule has 0 atom stereocenters. The molecule has 0 unspecified atom stereocenters. The zero-order chi connectivity index (χ0) is 28.6. The molecule has 2 nitrogen and oxygen atoms in total. The number of rotatable bonds is 16. The molecule has 0 aliphatic rings. The van der Waals surface area contributed by atoms with Crippen molar-refractivity contribution in [2.45, 2.75) is 130 Å². The molecular weight excluding hydrogens is 476 g/mol. The average Bonchev–Trinajstić information content (AvgIpc) is 2.95. The Morgan fingerprint density at radius 3 is 1.28 bits per heavy atom. The van der Waals surface area contributed by atoms with Crippen molar-refractivity contribution in [3.63, 3.8) is 0 Å². The summed E-state index contributed by atoms with van der Waals surface area (Å²) in [4.78, 5) is 0. The van der Waals surface area contributed by atoms with Gasteiger partial charge in [0.15, 0.2) is 0 Å². The number of fused-ring (bicyclic) bond motifs is 1. The highest BCUT2D eigenvalue weighted by atomic mass is 16.5. The van der Waals surface area contributed by atoms with E-state index in [-0.39, 0.29) is 0 Å². The molecule has 2 heteroatoms. The van der Waals surface area contributed by atoms with Crippen LogP contribution in [0.5, 0.6) is 11.5 Å². The molecule has 39 heavy (non-hydrogen) atoms. The van der Waals surface area contributed by atoms with Gasteiger partial charge in [0.05, 0.1) is 7.11 Å². The highest BCUT2D eigenvalue weighted by Gasteiger charge is 1.96. The number of aromatic hydroxyl groups is 1. The highest BCUT2D eigenvalue weighted by molar-refractivity contribution is 5.84. The normalized spacial score (nSPS) is 10.4. The molecule has 3 aromatic rings. The van der Waals surface area contributed by atoms with E-state index in [0.717, 1.165) is 5.75 Å². The number of unbranched alkanes of at least 4 members (excludes halogenated alkanes) is 15. The van der Waals surface area contributed by atoms with Gasteiger partial charge in [-0.3, -0.25) is 0 Å². The standard InChI is InChI=1S/C18H38.C12H12O.C7H8O/c1-3-5-7-9-11-13-15-17-18-16-14-12-10-8-6-4-2;1-9-3-4-11-8-12(13-2)6-5-10(11)7-9;1-6-2-4-7(8)5-3-6/h3-18H2,1-2H3;3-8H,1-2H3;2-5,8H,1H3. The van der Waals surface area contributed by atoms with Gasteiger partial charge in [0, 0.05) is 0 Å². The summed E-state index contributed by atoms with van der Waals surface area (Å²) in [5, 5.41) is 11.2. The number of phenols is 1. The molecule has 0 saturated carbocycles. The van der Waals surface area contributed by atoms with Gasteiger partial charge in [0.2, 0.25) is 0 Å². The minimum absolute atomic E-state index is 0.329. The predicted octanol–water partition coefficient (Wildman–Crippen LogP) is 12.1. The van der Waals surface area contributed by atoms with Crippen molar-refractivity contribution in [2.24, 2.45) is 0 Å². The Labute approximate surface area is 241 Å². The molecule has 0 aromatic heterocycles. The van der Waals surface area contributed by atoms with Gasteiger partial charge < -0.3 is 9.84 Å². The summed E-state index contributed by atoms with van der Waals surface area (Å²) in [7, 11) is 1.69. The minimum atomic E-state index is 0.329. The lowest BCUT2D eigenvalue weighted by atomic mass is 10.0. The first-order chi connectivity index (χ1) is 19.0. The van der Waals surface area contributed by atoms with Crippen LogP contribution in [0.1, 0.15) is 128 Å². The van der Waals surface area contributed by atoms with Crippen LogP contribution in [-0.2, 0) is 0 Å². The van der Waals surface area contributed by atoms with Gasteiger partial charge in [-0.05, 0) is 48.9 Å². The number of hydrogen-bond acceptors (Lipinski definition) is 2. The van der Waals surface area contributed by atoms with Crippen LogP contribution in [-0.4, -0.2) is 12.2 Å². The van der Waals surface area contributed by atoms with E-state index < -0.39 is 0 Å². The van der Waals surface area contributed by atoms with Crippen LogP contribution >= 0.6 is 0 Å². The lowest BCUT2D eigenvalue weighted by Gasteiger charge is -2.03. The Hall–Kier alpha value is -2.48. The van der Waals surface area contributed by atoms with Crippen LogP contribution in [0.4, 0.5) is 0 Å². The monoisotopic (exact) mass is 534 g/mol. The van der Waals surface area contributed by atoms with Gasteiger partial charge in [-0.1, -0.05) is 164 Å². The van der Waals surface area contributed by atoms with Crippen molar-refractivity contribution in [3.05, 3.63) is 71.8 Å². The Balaban J connectivity index is 0.000000313. The summed E-state index contributed by atoms with van der Waals surface area (Å²) in [6.45, 7) is 8.67. The number of aryl methyl sites for hydroxylation is 2. The van der Waals surface area contributed by atoms with E-state index in [9.17, 15) is 0 Å². The summed E-state index contributed by atoms with van der Waals surface area (Å²) < 4.78 is 5.15.